The fourth-order valence-electron chi connectivity index (χ4n) is 4.06. The highest BCUT2D eigenvalue weighted by Gasteiger charge is 2.34. The number of thiophene rings is 1. The monoisotopic (exact) mass is 383 g/mol. The van der Waals surface area contributed by atoms with Crippen molar-refractivity contribution in [3.8, 4) is 10.4 Å². The van der Waals surface area contributed by atoms with E-state index in [-0.39, 0.29) is 17.9 Å². The van der Waals surface area contributed by atoms with Crippen molar-refractivity contribution in [2.75, 3.05) is 26.2 Å². The Bertz CT molecular complexity index is 839. The van der Waals surface area contributed by atoms with Crippen LogP contribution in [0.15, 0.2) is 36.4 Å². The third kappa shape index (κ3) is 3.92. The smallest absolute Gasteiger partial charge is 0.261 e. The first kappa shape index (κ1) is 18.2. The Kier molecular flexibility index (Phi) is 5.27. The Morgan fingerprint density at radius 3 is 2.67 bits per heavy atom. The van der Waals surface area contributed by atoms with Crippen LogP contribution < -0.4 is 10.6 Å². The maximum atomic E-state index is 12.8. The Hall–Kier alpha value is -2.18. The average Bonchev–Trinajstić information content (AvgIpc) is 3.20. The number of fused-ring (bicyclic) bond motifs is 3. The highest BCUT2D eigenvalue weighted by molar-refractivity contribution is 7.17. The highest BCUT2D eigenvalue weighted by Crippen LogP contribution is 2.30. The summed E-state index contributed by atoms with van der Waals surface area (Å²) in [5, 5.41) is 6.06. The summed E-state index contributed by atoms with van der Waals surface area (Å²) < 4.78 is 0. The van der Waals surface area contributed by atoms with E-state index in [4.69, 9.17) is 0 Å². The fraction of sp³-hybridized carbons (Fsp3) is 0.429. The van der Waals surface area contributed by atoms with Crippen molar-refractivity contribution >= 4 is 23.2 Å². The number of nitrogens with zero attached hydrogens (tertiary/aromatic N) is 1. The van der Waals surface area contributed by atoms with Crippen molar-refractivity contribution in [3.63, 3.8) is 0 Å². The number of nitrogens with one attached hydrogen (secondary N) is 2. The lowest BCUT2D eigenvalue weighted by Crippen LogP contribution is -2.57. The molecule has 4 heterocycles. The first-order valence-corrected chi connectivity index (χ1v) is 10.5. The molecule has 3 aliphatic rings. The van der Waals surface area contributed by atoms with Gasteiger partial charge in [-0.1, -0.05) is 12.1 Å². The number of hydrogen-bond acceptors (Lipinski definition) is 4. The molecule has 142 valence electrons. The van der Waals surface area contributed by atoms with Gasteiger partial charge in [-0.3, -0.25) is 9.59 Å². The minimum Gasteiger partial charge on any atom is -0.352 e. The quantitative estimate of drug-likeness (QED) is 0.834. The second kappa shape index (κ2) is 7.82. The van der Waals surface area contributed by atoms with Crippen LogP contribution in [0.25, 0.3) is 10.4 Å². The topological polar surface area (TPSA) is 61.4 Å². The molecule has 0 spiro atoms. The highest BCUT2D eigenvalue weighted by atomic mass is 32.1. The van der Waals surface area contributed by atoms with Gasteiger partial charge in [0.05, 0.1) is 4.88 Å². The summed E-state index contributed by atoms with van der Waals surface area (Å²) in [5.74, 6) is 0.556. The van der Waals surface area contributed by atoms with Crippen LogP contribution in [0.2, 0.25) is 0 Å². The van der Waals surface area contributed by atoms with Crippen molar-refractivity contribution in [3.05, 3.63) is 46.8 Å². The van der Waals surface area contributed by atoms with E-state index in [1.807, 2.05) is 43.3 Å². The first-order chi connectivity index (χ1) is 13.1. The summed E-state index contributed by atoms with van der Waals surface area (Å²) in [4.78, 5) is 28.9. The van der Waals surface area contributed by atoms with E-state index in [0.29, 0.717) is 22.9 Å². The molecule has 0 radical (unpaired) electrons. The van der Waals surface area contributed by atoms with Crippen LogP contribution in [0.1, 0.15) is 39.8 Å². The van der Waals surface area contributed by atoms with E-state index in [1.165, 1.54) is 37.3 Å². The molecule has 1 aromatic carbocycles. The number of hydrogen-bond donors (Lipinski definition) is 2. The minimum absolute atomic E-state index is 0.00361. The van der Waals surface area contributed by atoms with Crippen molar-refractivity contribution in [2.45, 2.75) is 25.8 Å². The number of benzene rings is 1. The van der Waals surface area contributed by atoms with Crippen LogP contribution in [0.3, 0.4) is 0 Å². The molecule has 5 nitrogen and oxygen atoms in total. The third-order valence-electron chi connectivity index (χ3n) is 5.55. The van der Waals surface area contributed by atoms with Gasteiger partial charge in [0.25, 0.3) is 11.8 Å². The van der Waals surface area contributed by atoms with Crippen molar-refractivity contribution in [2.24, 2.45) is 5.92 Å². The van der Waals surface area contributed by atoms with E-state index < -0.39 is 0 Å². The van der Waals surface area contributed by atoms with Gasteiger partial charge < -0.3 is 15.5 Å². The van der Waals surface area contributed by atoms with Gasteiger partial charge in [-0.15, -0.1) is 11.3 Å². The van der Waals surface area contributed by atoms with Crippen LogP contribution in [0, 0.1) is 5.92 Å². The Labute approximate surface area is 163 Å². The first-order valence-electron chi connectivity index (χ1n) is 9.65. The van der Waals surface area contributed by atoms with E-state index in [0.717, 1.165) is 17.0 Å². The molecule has 27 heavy (non-hydrogen) atoms. The molecule has 2 amide bonds. The Morgan fingerprint density at radius 2 is 1.96 bits per heavy atom. The van der Waals surface area contributed by atoms with Gasteiger partial charge in [0.15, 0.2) is 0 Å². The number of carbonyl (C=O) groups is 2. The molecule has 0 unspecified atom stereocenters. The SMILES string of the molecule is CCNC(=O)c1ccc(-c2cccc(C(=O)N[C@@H]3CN4CCC3CC4)c2)s1. The van der Waals surface area contributed by atoms with Crippen LogP contribution >= 0.6 is 11.3 Å². The predicted molar refractivity (Wildman–Crippen MR) is 108 cm³/mol. The van der Waals surface area contributed by atoms with Gasteiger partial charge in [0.2, 0.25) is 0 Å². The summed E-state index contributed by atoms with van der Waals surface area (Å²) in [6.45, 7) is 5.82. The summed E-state index contributed by atoms with van der Waals surface area (Å²) in [5.41, 5.74) is 1.65. The standard InChI is InChI=1S/C21H25N3O2S/c1-2-22-21(26)19-7-6-18(27-19)15-4-3-5-16(12-15)20(25)23-17-13-24-10-8-14(17)9-11-24/h3-7,12,14,17H,2,8-11,13H2,1H3,(H,22,26)(H,23,25)/t17-/m1/s1. The largest absolute Gasteiger partial charge is 0.352 e. The molecule has 1 aromatic heterocycles. The molecule has 0 saturated carbocycles. The van der Waals surface area contributed by atoms with Crippen LogP contribution in [-0.4, -0.2) is 48.9 Å². The zero-order chi connectivity index (χ0) is 18.8. The van der Waals surface area contributed by atoms with Gasteiger partial charge >= 0.3 is 0 Å². The normalized spacial score (nSPS) is 23.8. The van der Waals surface area contributed by atoms with Gasteiger partial charge in [-0.2, -0.15) is 0 Å². The molecule has 6 heteroatoms. The van der Waals surface area contributed by atoms with E-state index in [2.05, 4.69) is 15.5 Å². The molecule has 5 rings (SSSR count). The number of amides is 2. The van der Waals surface area contributed by atoms with E-state index in [9.17, 15) is 9.59 Å². The van der Waals surface area contributed by atoms with Crippen LogP contribution in [0.4, 0.5) is 0 Å². The maximum absolute atomic E-state index is 12.8. The molecule has 1 atom stereocenters. The molecular formula is C21H25N3O2S. The molecular weight excluding hydrogens is 358 g/mol. The third-order valence-corrected chi connectivity index (χ3v) is 6.68. The summed E-state index contributed by atoms with van der Waals surface area (Å²) in [6.07, 6.45) is 2.37. The second-order valence-electron chi connectivity index (χ2n) is 7.32. The van der Waals surface area contributed by atoms with Crippen LogP contribution in [-0.2, 0) is 0 Å². The molecule has 3 fully saturated rings. The average molecular weight is 384 g/mol. The van der Waals surface area contributed by atoms with Gasteiger partial charge in [-0.05, 0) is 68.6 Å². The summed E-state index contributed by atoms with van der Waals surface area (Å²) in [6, 6.07) is 11.7. The fourth-order valence-corrected chi connectivity index (χ4v) is 4.98. The second-order valence-corrected chi connectivity index (χ2v) is 8.41. The molecule has 2 bridgehead atoms. The van der Waals surface area contributed by atoms with Crippen LogP contribution in [0.5, 0.6) is 0 Å². The van der Waals surface area contributed by atoms with Crippen molar-refractivity contribution in [1.82, 2.24) is 15.5 Å². The minimum atomic E-state index is -0.0509. The van der Waals surface area contributed by atoms with Gasteiger partial charge in [-0.25, -0.2) is 0 Å². The van der Waals surface area contributed by atoms with Crippen molar-refractivity contribution < 1.29 is 9.59 Å². The maximum Gasteiger partial charge on any atom is 0.261 e. The van der Waals surface area contributed by atoms with Gasteiger partial charge in [0.1, 0.15) is 0 Å². The van der Waals surface area contributed by atoms with Crippen molar-refractivity contribution in [1.29, 1.82) is 0 Å². The lowest BCUT2D eigenvalue weighted by atomic mass is 9.84. The molecule has 2 N–H and O–H groups in total. The summed E-state index contributed by atoms with van der Waals surface area (Å²) in [7, 11) is 0. The number of rotatable bonds is 5. The lowest BCUT2D eigenvalue weighted by Gasteiger charge is -2.44. The zero-order valence-electron chi connectivity index (χ0n) is 15.5. The molecule has 3 aliphatic heterocycles. The number of carbonyl (C=O) groups excluding carboxylic acids is 2. The Morgan fingerprint density at radius 1 is 1.15 bits per heavy atom. The van der Waals surface area contributed by atoms with E-state index >= 15 is 0 Å². The van der Waals surface area contributed by atoms with Gasteiger partial charge in [0, 0.05) is 29.6 Å². The predicted octanol–water partition coefficient (Wildman–Crippen LogP) is 2.99. The lowest BCUT2D eigenvalue weighted by molar-refractivity contribution is 0.0620. The molecule has 2 aromatic rings. The van der Waals surface area contributed by atoms with E-state index in [1.54, 1.807) is 0 Å². The Balaban J connectivity index is 1.47. The molecule has 0 aliphatic carbocycles. The number of piperidine rings is 3. The summed E-state index contributed by atoms with van der Waals surface area (Å²) >= 11 is 1.45. The zero-order valence-corrected chi connectivity index (χ0v) is 16.3. The molecule has 3 saturated heterocycles.